The van der Waals surface area contributed by atoms with Crippen LogP contribution in [0.15, 0.2) is 71.6 Å². The third-order valence-corrected chi connectivity index (χ3v) is 7.99. The van der Waals surface area contributed by atoms with Crippen molar-refractivity contribution in [2.24, 2.45) is 5.92 Å². The minimum Gasteiger partial charge on any atom is -0.342 e. The first-order valence-corrected chi connectivity index (χ1v) is 13.2. The van der Waals surface area contributed by atoms with Crippen LogP contribution >= 0.6 is 0 Å². The Hall–Kier alpha value is -3.37. The van der Waals surface area contributed by atoms with E-state index in [-0.39, 0.29) is 18.3 Å². The minimum absolute atomic E-state index is 0.0643. The van der Waals surface area contributed by atoms with Crippen molar-refractivity contribution in [3.63, 3.8) is 0 Å². The maximum atomic E-state index is 14.0. The third-order valence-electron chi connectivity index (χ3n) is 6.53. The van der Waals surface area contributed by atoms with E-state index in [9.17, 15) is 21.6 Å². The Bertz CT molecular complexity index is 1480. The molecule has 0 aliphatic carbocycles. The summed E-state index contributed by atoms with van der Waals surface area (Å²) in [4.78, 5) is 6.46. The molecule has 0 unspecified atom stereocenters. The molecule has 10 heteroatoms. The molecule has 188 valence electrons. The molecule has 36 heavy (non-hydrogen) atoms. The van der Waals surface area contributed by atoms with Gasteiger partial charge in [-0.15, -0.1) is 0 Å². The Balaban J connectivity index is 1.28. The highest BCUT2D eigenvalue weighted by molar-refractivity contribution is 7.89. The zero-order valence-corrected chi connectivity index (χ0v) is 20.2. The van der Waals surface area contributed by atoms with Crippen LogP contribution in [0.5, 0.6) is 0 Å². The Morgan fingerprint density at radius 3 is 2.33 bits per heavy atom. The molecule has 1 saturated heterocycles. The van der Waals surface area contributed by atoms with E-state index >= 15 is 0 Å². The van der Waals surface area contributed by atoms with Gasteiger partial charge in [0.05, 0.1) is 17.6 Å². The van der Waals surface area contributed by atoms with Gasteiger partial charge in [-0.25, -0.2) is 31.3 Å². The number of hydrogen-bond acceptors (Lipinski definition) is 4. The van der Waals surface area contributed by atoms with Gasteiger partial charge in [0.15, 0.2) is 0 Å². The third kappa shape index (κ3) is 5.10. The fourth-order valence-corrected chi connectivity index (χ4v) is 5.74. The van der Waals surface area contributed by atoms with E-state index in [1.807, 2.05) is 24.3 Å². The molecule has 0 atom stereocenters. The molecule has 2 heterocycles. The first-order chi connectivity index (χ1) is 17.3. The predicted molar refractivity (Wildman–Crippen MR) is 132 cm³/mol. The zero-order chi connectivity index (χ0) is 25.3. The van der Waals surface area contributed by atoms with Crippen molar-refractivity contribution in [3.05, 3.63) is 89.7 Å². The number of para-hydroxylation sites is 2. The number of hydrogen-bond donors (Lipinski definition) is 1. The number of sulfonamides is 1. The molecule has 1 N–H and O–H groups in total. The van der Waals surface area contributed by atoms with Gasteiger partial charge in [0.25, 0.3) is 0 Å². The lowest BCUT2D eigenvalue weighted by molar-refractivity contribution is 0.397. The molecule has 0 amide bonds. The van der Waals surface area contributed by atoms with Crippen LogP contribution in [0.2, 0.25) is 0 Å². The van der Waals surface area contributed by atoms with E-state index in [2.05, 4.69) is 14.2 Å². The molecule has 0 bridgehead atoms. The summed E-state index contributed by atoms with van der Waals surface area (Å²) in [5, 5.41) is 0. The molecule has 1 aliphatic heterocycles. The molecule has 1 aliphatic rings. The van der Waals surface area contributed by atoms with Gasteiger partial charge in [-0.05, 0) is 60.7 Å². The molecule has 1 aromatic heterocycles. The van der Waals surface area contributed by atoms with Crippen LogP contribution in [-0.2, 0) is 16.6 Å². The minimum atomic E-state index is -4.08. The number of nitrogens with zero attached hydrogens (tertiary/aromatic N) is 3. The highest BCUT2D eigenvalue weighted by Gasteiger charge is 2.26. The summed E-state index contributed by atoms with van der Waals surface area (Å²) in [5.74, 6) is -1.35. The van der Waals surface area contributed by atoms with Gasteiger partial charge >= 0.3 is 0 Å². The van der Waals surface area contributed by atoms with E-state index in [4.69, 9.17) is 4.98 Å². The maximum Gasteiger partial charge on any atom is 0.243 e. The van der Waals surface area contributed by atoms with Crippen LogP contribution in [0.1, 0.15) is 18.4 Å². The smallest absolute Gasteiger partial charge is 0.243 e. The number of imidazole rings is 1. The lowest BCUT2D eigenvalue weighted by Gasteiger charge is -2.33. The molecule has 5 rings (SSSR count). The summed E-state index contributed by atoms with van der Waals surface area (Å²) in [6, 6.07) is 16.7. The fraction of sp³-hybridized carbons (Fsp3) is 0.269. The Morgan fingerprint density at radius 1 is 0.917 bits per heavy atom. The van der Waals surface area contributed by atoms with Gasteiger partial charge in [0, 0.05) is 25.7 Å². The van der Waals surface area contributed by atoms with Gasteiger partial charge in [-0.1, -0.05) is 24.3 Å². The Labute approximate surface area is 207 Å². The molecule has 4 aromatic rings. The van der Waals surface area contributed by atoms with Crippen molar-refractivity contribution in [1.82, 2.24) is 14.3 Å². The SMILES string of the molecule is O=S(=O)(NCC1CCN(c2nc3ccccc3n2Cc2ccc(F)cc2)CC1)c1ccc(F)cc1F. The van der Waals surface area contributed by atoms with Gasteiger partial charge in [-0.2, -0.15) is 0 Å². The summed E-state index contributed by atoms with van der Waals surface area (Å²) in [5.41, 5.74) is 2.80. The number of benzene rings is 3. The Morgan fingerprint density at radius 2 is 1.61 bits per heavy atom. The number of anilines is 1. The van der Waals surface area contributed by atoms with Crippen LogP contribution in [0, 0.1) is 23.4 Å². The first-order valence-electron chi connectivity index (χ1n) is 11.7. The van der Waals surface area contributed by atoms with E-state index in [0.717, 1.165) is 34.7 Å². The van der Waals surface area contributed by atoms with E-state index in [1.54, 1.807) is 12.1 Å². The maximum absolute atomic E-state index is 14.0. The topological polar surface area (TPSA) is 67.2 Å². The van der Waals surface area contributed by atoms with Crippen molar-refractivity contribution in [2.45, 2.75) is 24.3 Å². The van der Waals surface area contributed by atoms with Crippen LogP contribution < -0.4 is 9.62 Å². The van der Waals surface area contributed by atoms with Gasteiger partial charge in [0.2, 0.25) is 16.0 Å². The second-order valence-corrected chi connectivity index (χ2v) is 10.7. The highest BCUT2D eigenvalue weighted by atomic mass is 32.2. The average Bonchev–Trinajstić information content (AvgIpc) is 3.22. The monoisotopic (exact) mass is 514 g/mol. The summed E-state index contributed by atoms with van der Waals surface area (Å²) >= 11 is 0. The van der Waals surface area contributed by atoms with Gasteiger partial charge < -0.3 is 9.47 Å². The molecule has 1 fully saturated rings. The van der Waals surface area contributed by atoms with Crippen molar-refractivity contribution in [1.29, 1.82) is 0 Å². The van der Waals surface area contributed by atoms with Gasteiger partial charge in [0.1, 0.15) is 22.3 Å². The summed E-state index contributed by atoms with van der Waals surface area (Å²) in [6.45, 7) is 2.05. The zero-order valence-electron chi connectivity index (χ0n) is 19.4. The second kappa shape index (κ2) is 9.94. The van der Waals surface area contributed by atoms with Crippen molar-refractivity contribution >= 4 is 27.0 Å². The Kier molecular flexibility index (Phi) is 6.72. The number of halogens is 3. The number of aromatic nitrogens is 2. The molecular formula is C26H25F3N4O2S. The number of piperidine rings is 1. The molecule has 3 aromatic carbocycles. The summed E-state index contributed by atoms with van der Waals surface area (Å²) in [6.07, 6.45) is 1.43. The highest BCUT2D eigenvalue weighted by Crippen LogP contribution is 2.28. The summed E-state index contributed by atoms with van der Waals surface area (Å²) < 4.78 is 70.1. The lowest BCUT2D eigenvalue weighted by atomic mass is 9.97. The summed E-state index contributed by atoms with van der Waals surface area (Å²) in [7, 11) is -4.08. The van der Waals surface area contributed by atoms with Gasteiger partial charge in [-0.3, -0.25) is 0 Å². The molecular weight excluding hydrogens is 489 g/mol. The fourth-order valence-electron chi connectivity index (χ4n) is 4.57. The van der Waals surface area contributed by atoms with Crippen LogP contribution in [0.4, 0.5) is 19.1 Å². The lowest BCUT2D eigenvalue weighted by Crippen LogP contribution is -2.39. The standard InChI is InChI=1S/C26H25F3N4O2S/c27-20-7-5-19(6-8-20)17-33-24-4-2-1-3-23(24)31-26(33)32-13-11-18(12-14-32)16-30-36(34,35)25-10-9-21(28)15-22(25)29/h1-10,15,18,30H,11-14,16-17H2. The van der Waals surface area contributed by atoms with Crippen molar-refractivity contribution in [3.8, 4) is 0 Å². The molecule has 0 spiro atoms. The second-order valence-electron chi connectivity index (χ2n) is 8.97. The van der Waals surface area contributed by atoms with E-state index < -0.39 is 26.6 Å². The molecule has 0 radical (unpaired) electrons. The normalized spacial score (nSPS) is 15.0. The average molecular weight is 515 g/mol. The van der Waals surface area contributed by atoms with E-state index in [0.29, 0.717) is 38.5 Å². The van der Waals surface area contributed by atoms with E-state index in [1.165, 1.54) is 12.1 Å². The van der Waals surface area contributed by atoms with Crippen LogP contribution in [0.3, 0.4) is 0 Å². The van der Waals surface area contributed by atoms with Crippen molar-refractivity contribution in [2.75, 3.05) is 24.5 Å². The molecule has 0 saturated carbocycles. The van der Waals surface area contributed by atoms with Crippen LogP contribution in [-0.4, -0.2) is 37.6 Å². The van der Waals surface area contributed by atoms with Crippen molar-refractivity contribution < 1.29 is 21.6 Å². The number of fused-ring (bicyclic) bond motifs is 1. The number of rotatable bonds is 7. The first kappa shape index (κ1) is 24.3. The quantitative estimate of drug-likeness (QED) is 0.388. The predicted octanol–water partition coefficient (Wildman–Crippen LogP) is 4.70. The van der Waals surface area contributed by atoms with Crippen LogP contribution in [0.25, 0.3) is 11.0 Å². The number of nitrogens with one attached hydrogen (secondary N) is 1. The molecule has 6 nitrogen and oxygen atoms in total. The largest absolute Gasteiger partial charge is 0.342 e.